The van der Waals surface area contributed by atoms with Crippen molar-refractivity contribution in [2.75, 3.05) is 30.9 Å². The van der Waals surface area contributed by atoms with Crippen molar-refractivity contribution in [2.24, 2.45) is 0 Å². The highest BCUT2D eigenvalue weighted by atomic mass is 19.4. The van der Waals surface area contributed by atoms with E-state index in [1.165, 1.54) is 0 Å². The molecule has 1 aromatic heterocycles. The van der Waals surface area contributed by atoms with Gasteiger partial charge >= 0.3 is 6.18 Å². The van der Waals surface area contributed by atoms with Gasteiger partial charge in [0.25, 0.3) is 0 Å². The summed E-state index contributed by atoms with van der Waals surface area (Å²) in [6.07, 6.45) is -2.65. The van der Waals surface area contributed by atoms with Crippen molar-refractivity contribution in [3.8, 4) is 0 Å². The molecule has 1 heterocycles. The van der Waals surface area contributed by atoms with Crippen molar-refractivity contribution < 1.29 is 17.9 Å². The monoisotopic (exact) mass is 276 g/mol. The summed E-state index contributed by atoms with van der Waals surface area (Å²) in [5, 5.41) is 0. The minimum atomic E-state index is -4.53. The summed E-state index contributed by atoms with van der Waals surface area (Å²) >= 11 is 0. The van der Waals surface area contributed by atoms with E-state index in [0.29, 0.717) is 13.2 Å². The molecular formula is C11H15F3N4O. The van der Waals surface area contributed by atoms with Gasteiger partial charge in [0.1, 0.15) is 5.82 Å². The highest BCUT2D eigenvalue weighted by Crippen LogP contribution is 2.34. The van der Waals surface area contributed by atoms with E-state index in [1.807, 2.05) is 0 Å². The van der Waals surface area contributed by atoms with Crippen LogP contribution in [0.3, 0.4) is 0 Å². The summed E-state index contributed by atoms with van der Waals surface area (Å²) in [5.74, 6) is -0.160. The van der Waals surface area contributed by atoms with Gasteiger partial charge in [-0.15, -0.1) is 0 Å². The zero-order valence-electron chi connectivity index (χ0n) is 10.4. The Morgan fingerprint density at radius 1 is 1.42 bits per heavy atom. The molecular weight excluding hydrogens is 261 g/mol. The Hall–Kier alpha value is -1.57. The minimum Gasteiger partial charge on any atom is -0.383 e. The molecule has 0 bridgehead atoms. The summed E-state index contributed by atoms with van der Waals surface area (Å²) in [6.45, 7) is 0.899. The van der Waals surface area contributed by atoms with Gasteiger partial charge in [0.2, 0.25) is 5.95 Å². The average molecular weight is 276 g/mol. The third-order valence-electron chi connectivity index (χ3n) is 2.84. The first-order valence-corrected chi connectivity index (χ1v) is 5.89. The SMILES string of the molecule is COCCN(c1cc(C(F)(F)F)nc(N)n1)C1CC1. The lowest BCUT2D eigenvalue weighted by molar-refractivity contribution is -0.141. The average Bonchev–Trinajstić information content (AvgIpc) is 3.12. The molecule has 1 aromatic rings. The standard InChI is InChI=1S/C11H15F3N4O/c1-19-5-4-18(7-2-3-7)9-6-8(11(12,13)14)16-10(15)17-9/h6-7H,2-5H2,1H3,(H2,15,16,17). The molecule has 1 aliphatic carbocycles. The van der Waals surface area contributed by atoms with Crippen molar-refractivity contribution in [1.29, 1.82) is 0 Å². The lowest BCUT2D eigenvalue weighted by Gasteiger charge is -2.23. The molecule has 0 saturated heterocycles. The van der Waals surface area contributed by atoms with E-state index in [9.17, 15) is 13.2 Å². The van der Waals surface area contributed by atoms with Crippen molar-refractivity contribution >= 4 is 11.8 Å². The first kappa shape index (κ1) is 13.9. The van der Waals surface area contributed by atoms with Crippen molar-refractivity contribution in [3.63, 3.8) is 0 Å². The Morgan fingerprint density at radius 2 is 2.11 bits per heavy atom. The third kappa shape index (κ3) is 3.46. The molecule has 1 saturated carbocycles. The number of nitrogens with two attached hydrogens (primary N) is 1. The summed E-state index contributed by atoms with van der Waals surface area (Å²) in [4.78, 5) is 8.92. The van der Waals surface area contributed by atoms with Crippen LogP contribution in [0.4, 0.5) is 24.9 Å². The maximum absolute atomic E-state index is 12.7. The second-order valence-corrected chi connectivity index (χ2v) is 4.38. The van der Waals surface area contributed by atoms with E-state index in [4.69, 9.17) is 10.5 Å². The van der Waals surface area contributed by atoms with Crippen molar-refractivity contribution in [2.45, 2.75) is 25.1 Å². The molecule has 1 aliphatic rings. The molecule has 0 radical (unpaired) electrons. The second kappa shape index (κ2) is 5.20. The van der Waals surface area contributed by atoms with Gasteiger partial charge < -0.3 is 15.4 Å². The van der Waals surface area contributed by atoms with Crippen molar-refractivity contribution in [3.05, 3.63) is 11.8 Å². The zero-order valence-corrected chi connectivity index (χ0v) is 10.4. The number of nitrogens with zero attached hydrogens (tertiary/aromatic N) is 3. The Bertz CT molecular complexity index is 448. The van der Waals surface area contributed by atoms with Crippen LogP contribution in [-0.2, 0) is 10.9 Å². The highest BCUT2D eigenvalue weighted by Gasteiger charge is 2.36. The van der Waals surface area contributed by atoms with Crippen LogP contribution in [0.5, 0.6) is 0 Å². The molecule has 5 nitrogen and oxygen atoms in total. The molecule has 0 aliphatic heterocycles. The zero-order chi connectivity index (χ0) is 14.0. The number of alkyl halides is 3. The Morgan fingerprint density at radius 3 is 2.63 bits per heavy atom. The van der Waals surface area contributed by atoms with Gasteiger partial charge in [-0.05, 0) is 12.8 Å². The number of hydrogen-bond donors (Lipinski definition) is 1. The predicted octanol–water partition coefficient (Wildman–Crippen LogP) is 1.69. The quantitative estimate of drug-likeness (QED) is 0.886. The fourth-order valence-electron chi connectivity index (χ4n) is 1.80. The lowest BCUT2D eigenvalue weighted by atomic mass is 10.3. The van der Waals surface area contributed by atoms with E-state index >= 15 is 0 Å². The third-order valence-corrected chi connectivity index (χ3v) is 2.84. The largest absolute Gasteiger partial charge is 0.433 e. The first-order valence-electron chi connectivity index (χ1n) is 5.89. The van der Waals surface area contributed by atoms with Crippen LogP contribution in [0.2, 0.25) is 0 Å². The fourth-order valence-corrected chi connectivity index (χ4v) is 1.80. The van der Waals surface area contributed by atoms with Crippen LogP contribution >= 0.6 is 0 Å². The number of halogens is 3. The van der Waals surface area contributed by atoms with E-state index in [-0.39, 0.29) is 17.8 Å². The van der Waals surface area contributed by atoms with Crippen LogP contribution in [0.25, 0.3) is 0 Å². The van der Waals surface area contributed by atoms with Gasteiger partial charge in [-0.3, -0.25) is 0 Å². The molecule has 106 valence electrons. The van der Waals surface area contributed by atoms with Crippen LogP contribution in [-0.4, -0.2) is 36.3 Å². The van der Waals surface area contributed by atoms with Gasteiger partial charge in [0.05, 0.1) is 6.61 Å². The van der Waals surface area contributed by atoms with Crippen LogP contribution in [0.15, 0.2) is 6.07 Å². The summed E-state index contributed by atoms with van der Waals surface area (Å²) < 4.78 is 43.0. The van der Waals surface area contributed by atoms with E-state index in [0.717, 1.165) is 18.9 Å². The van der Waals surface area contributed by atoms with Gasteiger partial charge in [-0.25, -0.2) is 4.98 Å². The smallest absolute Gasteiger partial charge is 0.383 e. The Balaban J connectivity index is 2.28. The fraction of sp³-hybridized carbons (Fsp3) is 0.636. The van der Waals surface area contributed by atoms with Crippen LogP contribution in [0, 0.1) is 0 Å². The molecule has 0 spiro atoms. The van der Waals surface area contributed by atoms with Crippen LogP contribution in [0.1, 0.15) is 18.5 Å². The maximum Gasteiger partial charge on any atom is 0.433 e. The molecule has 0 amide bonds. The van der Waals surface area contributed by atoms with Gasteiger partial charge in [-0.2, -0.15) is 18.2 Å². The topological polar surface area (TPSA) is 64.3 Å². The number of aromatic nitrogens is 2. The maximum atomic E-state index is 12.7. The summed E-state index contributed by atoms with van der Waals surface area (Å²) in [6, 6.07) is 1.15. The molecule has 8 heteroatoms. The van der Waals surface area contributed by atoms with E-state index in [2.05, 4.69) is 9.97 Å². The van der Waals surface area contributed by atoms with E-state index in [1.54, 1.807) is 12.0 Å². The second-order valence-electron chi connectivity index (χ2n) is 4.38. The number of rotatable bonds is 5. The number of hydrogen-bond acceptors (Lipinski definition) is 5. The number of anilines is 2. The molecule has 2 N–H and O–H groups in total. The number of ether oxygens (including phenoxy) is 1. The highest BCUT2D eigenvalue weighted by molar-refractivity contribution is 5.46. The molecule has 0 aromatic carbocycles. The summed E-state index contributed by atoms with van der Waals surface area (Å²) in [7, 11) is 1.54. The lowest BCUT2D eigenvalue weighted by Crippen LogP contribution is -2.31. The Kier molecular flexibility index (Phi) is 3.79. The van der Waals surface area contributed by atoms with E-state index < -0.39 is 11.9 Å². The number of methoxy groups -OCH3 is 1. The van der Waals surface area contributed by atoms with Gasteiger partial charge in [0, 0.05) is 25.8 Å². The number of nitrogen functional groups attached to an aromatic ring is 1. The van der Waals surface area contributed by atoms with Crippen molar-refractivity contribution in [1.82, 2.24) is 9.97 Å². The Labute approximate surface area is 108 Å². The van der Waals surface area contributed by atoms with Crippen LogP contribution < -0.4 is 10.6 Å². The molecule has 19 heavy (non-hydrogen) atoms. The molecule has 1 fully saturated rings. The molecule has 2 rings (SSSR count). The summed E-state index contributed by atoms with van der Waals surface area (Å²) in [5.41, 5.74) is 4.35. The van der Waals surface area contributed by atoms with Gasteiger partial charge in [-0.1, -0.05) is 0 Å². The predicted molar refractivity (Wildman–Crippen MR) is 63.7 cm³/mol. The first-order chi connectivity index (χ1) is 8.91. The molecule has 0 unspecified atom stereocenters. The van der Waals surface area contributed by atoms with Gasteiger partial charge in [0.15, 0.2) is 5.69 Å². The normalized spacial score (nSPS) is 15.6. The molecule has 0 atom stereocenters. The minimum absolute atomic E-state index is 0.208.